The summed E-state index contributed by atoms with van der Waals surface area (Å²) in [5.74, 6) is 0.303. The maximum absolute atomic E-state index is 13.0. The van der Waals surface area contributed by atoms with E-state index >= 15 is 0 Å². The van der Waals surface area contributed by atoms with Gasteiger partial charge < -0.3 is 18.8 Å². The first kappa shape index (κ1) is 16.0. The molecule has 8 nitrogen and oxygen atoms in total. The molecule has 0 saturated carbocycles. The van der Waals surface area contributed by atoms with Crippen molar-refractivity contribution in [2.24, 2.45) is 13.0 Å². The highest BCUT2D eigenvalue weighted by molar-refractivity contribution is 5.96. The van der Waals surface area contributed by atoms with Gasteiger partial charge in [0, 0.05) is 50.6 Å². The second kappa shape index (κ2) is 5.94. The van der Waals surface area contributed by atoms with Crippen molar-refractivity contribution in [2.75, 3.05) is 19.6 Å². The summed E-state index contributed by atoms with van der Waals surface area (Å²) in [6.45, 7) is 2.00. The van der Waals surface area contributed by atoms with E-state index in [9.17, 15) is 9.59 Å². The number of fused-ring (bicyclic) bond motifs is 2. The minimum Gasteiger partial charge on any atom is -0.340 e. The lowest BCUT2D eigenvalue weighted by Gasteiger charge is -2.24. The predicted molar refractivity (Wildman–Crippen MR) is 97.2 cm³/mol. The molecular formula is C19H20N6O2. The van der Waals surface area contributed by atoms with Crippen molar-refractivity contribution >= 4 is 17.3 Å². The zero-order valence-electron chi connectivity index (χ0n) is 15.0. The Bertz CT molecular complexity index is 1040. The van der Waals surface area contributed by atoms with E-state index in [0.29, 0.717) is 30.3 Å². The summed E-state index contributed by atoms with van der Waals surface area (Å²) in [7, 11) is 1.85. The lowest BCUT2D eigenvalue weighted by Crippen LogP contribution is -2.40. The molecule has 0 unspecified atom stereocenters. The van der Waals surface area contributed by atoms with E-state index in [1.165, 1.54) is 0 Å². The molecule has 0 N–H and O–H groups in total. The Morgan fingerprint density at radius 2 is 2.07 bits per heavy atom. The third-order valence-electron chi connectivity index (χ3n) is 5.68. The molecule has 2 fully saturated rings. The van der Waals surface area contributed by atoms with E-state index in [-0.39, 0.29) is 17.9 Å². The monoisotopic (exact) mass is 364 g/mol. The molecule has 2 amide bonds. The number of nitrogens with zero attached hydrogens (tertiary/aromatic N) is 6. The quantitative estimate of drug-likeness (QED) is 0.681. The Hall–Kier alpha value is -3.16. The van der Waals surface area contributed by atoms with Crippen LogP contribution in [0, 0.1) is 5.92 Å². The number of hydrogen-bond acceptors (Lipinski definition) is 4. The Labute approximate surface area is 156 Å². The molecule has 0 bridgehead atoms. The maximum Gasteiger partial charge on any atom is 0.274 e. The number of pyridine rings is 1. The second-order valence-electron chi connectivity index (χ2n) is 7.39. The van der Waals surface area contributed by atoms with Gasteiger partial charge in [-0.25, -0.2) is 9.97 Å². The Balaban J connectivity index is 1.34. The maximum atomic E-state index is 13.0. The Morgan fingerprint density at radius 1 is 1.19 bits per heavy atom. The fourth-order valence-corrected chi connectivity index (χ4v) is 4.28. The second-order valence-corrected chi connectivity index (χ2v) is 7.39. The molecule has 0 radical (unpaired) electrons. The molecule has 5 heterocycles. The summed E-state index contributed by atoms with van der Waals surface area (Å²) in [4.78, 5) is 37.8. The first-order valence-electron chi connectivity index (χ1n) is 9.10. The SMILES string of the molecule is Cn1cnc(C(=O)N2CC[C@@H]3CN(C(=O)c4ccn5cncc5c4)C[C@@H]32)c1. The molecular weight excluding hydrogens is 344 g/mol. The molecule has 2 saturated heterocycles. The van der Waals surface area contributed by atoms with Crippen LogP contribution < -0.4 is 0 Å². The van der Waals surface area contributed by atoms with Crippen molar-refractivity contribution in [3.63, 3.8) is 0 Å². The lowest BCUT2D eigenvalue weighted by atomic mass is 10.1. The first-order chi connectivity index (χ1) is 13.1. The lowest BCUT2D eigenvalue weighted by molar-refractivity contribution is 0.0685. The summed E-state index contributed by atoms with van der Waals surface area (Å²) >= 11 is 0. The number of carbonyl (C=O) groups is 2. The topological polar surface area (TPSA) is 75.7 Å². The van der Waals surface area contributed by atoms with Gasteiger partial charge in [-0.05, 0) is 18.6 Å². The standard InChI is InChI=1S/C19H20N6O2/c1-22-9-16(21-12-22)19(27)25-5-3-14-8-24(10-17(14)25)18(26)13-2-4-23-11-20-7-15(23)6-13/h2,4,6-7,9,11-12,14,17H,3,5,8,10H2,1H3/t14-,17+/m1/s1. The van der Waals surface area contributed by atoms with Crippen LogP contribution >= 0.6 is 0 Å². The van der Waals surface area contributed by atoms with Crippen molar-refractivity contribution < 1.29 is 9.59 Å². The molecule has 5 rings (SSSR count). The predicted octanol–water partition coefficient (Wildman–Crippen LogP) is 1.05. The van der Waals surface area contributed by atoms with Crippen LogP contribution in [0.4, 0.5) is 0 Å². The Kier molecular flexibility index (Phi) is 3.53. The number of amides is 2. The van der Waals surface area contributed by atoms with Crippen molar-refractivity contribution in [2.45, 2.75) is 12.5 Å². The van der Waals surface area contributed by atoms with Gasteiger partial charge in [-0.2, -0.15) is 0 Å². The van der Waals surface area contributed by atoms with E-state index < -0.39 is 0 Å². The third-order valence-corrected chi connectivity index (χ3v) is 5.68. The molecule has 138 valence electrons. The van der Waals surface area contributed by atoms with Gasteiger partial charge in [-0.1, -0.05) is 0 Å². The summed E-state index contributed by atoms with van der Waals surface area (Å²) in [6.07, 6.45) is 9.61. The number of aryl methyl sites for hydroxylation is 1. The molecule has 2 atom stereocenters. The number of hydrogen-bond donors (Lipinski definition) is 0. The number of likely N-dealkylation sites (tertiary alicyclic amines) is 2. The zero-order valence-corrected chi connectivity index (χ0v) is 15.0. The fraction of sp³-hybridized carbons (Fsp3) is 0.368. The number of imidazole rings is 2. The van der Waals surface area contributed by atoms with E-state index in [1.54, 1.807) is 29.6 Å². The number of aromatic nitrogens is 4. The molecule has 0 aliphatic carbocycles. The van der Waals surface area contributed by atoms with Crippen molar-refractivity contribution in [3.05, 3.63) is 54.6 Å². The highest BCUT2D eigenvalue weighted by Gasteiger charge is 2.45. The summed E-state index contributed by atoms with van der Waals surface area (Å²) in [5.41, 5.74) is 2.02. The van der Waals surface area contributed by atoms with Crippen LogP contribution in [-0.4, -0.2) is 66.2 Å². The van der Waals surface area contributed by atoms with Gasteiger partial charge in [0.15, 0.2) is 0 Å². The number of carbonyl (C=O) groups excluding carboxylic acids is 2. The highest BCUT2D eigenvalue weighted by Crippen LogP contribution is 2.33. The van der Waals surface area contributed by atoms with Gasteiger partial charge in [-0.3, -0.25) is 9.59 Å². The van der Waals surface area contributed by atoms with Crippen LogP contribution in [0.5, 0.6) is 0 Å². The summed E-state index contributed by atoms with van der Waals surface area (Å²) in [5, 5.41) is 0. The average Bonchev–Trinajstić information content (AvgIpc) is 3.43. The van der Waals surface area contributed by atoms with Crippen LogP contribution in [0.15, 0.2) is 43.4 Å². The third kappa shape index (κ3) is 2.59. The summed E-state index contributed by atoms with van der Waals surface area (Å²) < 4.78 is 3.65. The fourth-order valence-electron chi connectivity index (χ4n) is 4.28. The van der Waals surface area contributed by atoms with Crippen molar-refractivity contribution in [1.82, 2.24) is 28.7 Å². The molecule has 27 heavy (non-hydrogen) atoms. The molecule has 3 aromatic heterocycles. The van der Waals surface area contributed by atoms with Gasteiger partial charge in [0.05, 0.1) is 30.4 Å². The van der Waals surface area contributed by atoms with E-state index in [0.717, 1.165) is 18.5 Å². The minimum absolute atomic E-state index is 0.0123. The molecule has 0 aromatic carbocycles. The van der Waals surface area contributed by atoms with Crippen LogP contribution in [0.3, 0.4) is 0 Å². The van der Waals surface area contributed by atoms with Crippen LogP contribution in [-0.2, 0) is 7.05 Å². The minimum atomic E-state index is -0.0434. The van der Waals surface area contributed by atoms with Gasteiger partial charge >= 0.3 is 0 Å². The molecule has 2 aliphatic heterocycles. The van der Waals surface area contributed by atoms with Gasteiger partial charge in [0.1, 0.15) is 5.69 Å². The van der Waals surface area contributed by atoms with Crippen LogP contribution in [0.25, 0.3) is 5.52 Å². The first-order valence-corrected chi connectivity index (χ1v) is 9.10. The van der Waals surface area contributed by atoms with Crippen molar-refractivity contribution in [1.29, 1.82) is 0 Å². The normalized spacial score (nSPS) is 21.8. The van der Waals surface area contributed by atoms with E-state index in [2.05, 4.69) is 9.97 Å². The van der Waals surface area contributed by atoms with Gasteiger partial charge in [-0.15, -0.1) is 0 Å². The van der Waals surface area contributed by atoms with Crippen LogP contribution in [0.2, 0.25) is 0 Å². The van der Waals surface area contributed by atoms with E-state index in [1.807, 2.05) is 39.6 Å². The van der Waals surface area contributed by atoms with Gasteiger partial charge in [0.25, 0.3) is 11.8 Å². The number of rotatable bonds is 2. The Morgan fingerprint density at radius 3 is 2.89 bits per heavy atom. The smallest absolute Gasteiger partial charge is 0.274 e. The molecule has 3 aromatic rings. The molecule has 8 heteroatoms. The highest BCUT2D eigenvalue weighted by atomic mass is 16.2. The van der Waals surface area contributed by atoms with Gasteiger partial charge in [0.2, 0.25) is 0 Å². The zero-order chi connectivity index (χ0) is 18.5. The molecule has 0 spiro atoms. The van der Waals surface area contributed by atoms with Crippen molar-refractivity contribution in [3.8, 4) is 0 Å². The molecule has 2 aliphatic rings. The van der Waals surface area contributed by atoms with Crippen LogP contribution in [0.1, 0.15) is 27.3 Å². The average molecular weight is 364 g/mol. The van der Waals surface area contributed by atoms with E-state index in [4.69, 9.17) is 0 Å². The largest absolute Gasteiger partial charge is 0.340 e. The summed E-state index contributed by atoms with van der Waals surface area (Å²) in [6, 6.07) is 3.75.